The normalized spacial score (nSPS) is 29.9. The molecule has 1 saturated carbocycles. The molecule has 124 valence electrons. The fourth-order valence-electron chi connectivity index (χ4n) is 4.61. The zero-order valence-corrected chi connectivity index (χ0v) is 14.7. The molecule has 0 amide bonds. The average molecular weight is 314 g/mol. The molecule has 1 fully saturated rings. The molecule has 0 saturated heterocycles. The number of hydrogen-bond donors (Lipinski definition) is 1. The van der Waals surface area contributed by atoms with Crippen molar-refractivity contribution in [2.24, 2.45) is 11.3 Å². The van der Waals surface area contributed by atoms with E-state index in [4.69, 9.17) is 0 Å². The lowest BCUT2D eigenvalue weighted by molar-refractivity contribution is -0.136. The Morgan fingerprint density at radius 2 is 1.83 bits per heavy atom. The summed E-state index contributed by atoms with van der Waals surface area (Å²) in [5, 5.41) is 10.2. The quantitative estimate of drug-likeness (QED) is 0.858. The van der Waals surface area contributed by atoms with Crippen LogP contribution in [0, 0.1) is 11.3 Å². The molecule has 3 heteroatoms. The Morgan fingerprint density at radius 1 is 1.17 bits per heavy atom. The Bertz CT molecular complexity index is 693. The first kappa shape index (κ1) is 16.4. The summed E-state index contributed by atoms with van der Waals surface area (Å²) in [4.78, 5) is 25.1. The third kappa shape index (κ3) is 2.28. The Hall–Kier alpha value is -1.48. The van der Waals surface area contributed by atoms with Crippen molar-refractivity contribution in [1.29, 1.82) is 0 Å². The second-order valence-corrected chi connectivity index (χ2v) is 8.56. The van der Waals surface area contributed by atoms with Crippen LogP contribution >= 0.6 is 0 Å². The smallest absolute Gasteiger partial charge is 0.163 e. The molecule has 2 aliphatic carbocycles. The van der Waals surface area contributed by atoms with Crippen molar-refractivity contribution < 1.29 is 14.7 Å². The first-order chi connectivity index (χ1) is 10.5. The molecular weight excluding hydrogens is 288 g/mol. The van der Waals surface area contributed by atoms with E-state index in [0.29, 0.717) is 12.8 Å². The van der Waals surface area contributed by atoms with E-state index in [1.54, 1.807) is 13.8 Å². The molecule has 0 heterocycles. The highest BCUT2D eigenvalue weighted by Crippen LogP contribution is 2.55. The van der Waals surface area contributed by atoms with Crippen LogP contribution in [0.3, 0.4) is 0 Å². The van der Waals surface area contributed by atoms with Gasteiger partial charge in [0.25, 0.3) is 0 Å². The number of carbonyl (C=O) groups excluding carboxylic acids is 2. The van der Waals surface area contributed by atoms with Crippen molar-refractivity contribution in [3.63, 3.8) is 0 Å². The predicted octanol–water partition coefficient (Wildman–Crippen LogP) is 3.76. The van der Waals surface area contributed by atoms with Crippen LogP contribution in [0.1, 0.15) is 75.4 Å². The molecule has 0 radical (unpaired) electrons. The minimum absolute atomic E-state index is 0.0456. The third-order valence-corrected chi connectivity index (χ3v) is 6.26. The van der Waals surface area contributed by atoms with Gasteiger partial charge in [0.05, 0.1) is 5.60 Å². The Balaban J connectivity index is 2.17. The van der Waals surface area contributed by atoms with Crippen LogP contribution in [0.2, 0.25) is 0 Å². The molecule has 0 aliphatic heterocycles. The van der Waals surface area contributed by atoms with Crippen molar-refractivity contribution in [3.05, 3.63) is 34.9 Å². The summed E-state index contributed by atoms with van der Waals surface area (Å²) in [6.45, 7) is 9.63. The maximum Gasteiger partial charge on any atom is 0.163 e. The molecule has 0 bridgehead atoms. The largest absolute Gasteiger partial charge is 0.386 e. The van der Waals surface area contributed by atoms with Crippen molar-refractivity contribution in [2.45, 2.75) is 64.9 Å². The molecular formula is C20H26O3. The molecule has 0 aromatic heterocycles. The van der Waals surface area contributed by atoms with E-state index in [-0.39, 0.29) is 22.9 Å². The van der Waals surface area contributed by atoms with E-state index in [1.807, 2.05) is 32.0 Å². The first-order valence-corrected chi connectivity index (χ1v) is 8.42. The number of rotatable bonds is 1. The Kier molecular flexibility index (Phi) is 3.39. The minimum atomic E-state index is -0.963. The number of fused-ring (bicyclic) bond motifs is 3. The lowest BCUT2D eigenvalue weighted by Crippen LogP contribution is -2.53. The van der Waals surface area contributed by atoms with Crippen LogP contribution in [0.5, 0.6) is 0 Å². The van der Waals surface area contributed by atoms with Gasteiger partial charge < -0.3 is 5.11 Å². The fraction of sp³-hybridized carbons (Fsp3) is 0.600. The zero-order valence-electron chi connectivity index (χ0n) is 14.7. The summed E-state index contributed by atoms with van der Waals surface area (Å²) >= 11 is 0. The van der Waals surface area contributed by atoms with Gasteiger partial charge in [0.15, 0.2) is 5.78 Å². The van der Waals surface area contributed by atoms with Crippen molar-refractivity contribution in [1.82, 2.24) is 0 Å². The van der Waals surface area contributed by atoms with Crippen molar-refractivity contribution in [2.75, 3.05) is 0 Å². The molecule has 1 N–H and O–H groups in total. The lowest BCUT2D eigenvalue weighted by atomic mass is 9.49. The monoisotopic (exact) mass is 314 g/mol. The summed E-state index contributed by atoms with van der Waals surface area (Å²) in [7, 11) is 0. The van der Waals surface area contributed by atoms with E-state index in [2.05, 4.69) is 6.92 Å². The van der Waals surface area contributed by atoms with E-state index in [9.17, 15) is 14.7 Å². The molecule has 2 atom stereocenters. The van der Waals surface area contributed by atoms with Gasteiger partial charge >= 0.3 is 0 Å². The van der Waals surface area contributed by atoms with Crippen LogP contribution in [0.25, 0.3) is 0 Å². The van der Waals surface area contributed by atoms with Gasteiger partial charge in [-0.05, 0) is 48.8 Å². The molecule has 3 nitrogen and oxygen atoms in total. The van der Waals surface area contributed by atoms with Crippen LogP contribution in [-0.2, 0) is 15.8 Å². The Labute approximate surface area is 138 Å². The number of ketones is 2. The van der Waals surface area contributed by atoms with Crippen LogP contribution in [-0.4, -0.2) is 16.7 Å². The van der Waals surface area contributed by atoms with Gasteiger partial charge in [0.1, 0.15) is 5.78 Å². The average Bonchev–Trinajstić information content (AvgIpc) is 2.46. The van der Waals surface area contributed by atoms with Crippen LogP contribution in [0.4, 0.5) is 0 Å². The van der Waals surface area contributed by atoms with E-state index >= 15 is 0 Å². The molecule has 2 aliphatic rings. The highest BCUT2D eigenvalue weighted by Gasteiger charge is 2.55. The summed E-state index contributed by atoms with van der Waals surface area (Å²) in [5.74, 6) is 0.407. The maximum absolute atomic E-state index is 12.8. The van der Waals surface area contributed by atoms with Gasteiger partial charge in [-0.15, -0.1) is 0 Å². The molecule has 0 unspecified atom stereocenters. The predicted molar refractivity (Wildman–Crippen MR) is 89.5 cm³/mol. The topological polar surface area (TPSA) is 54.4 Å². The highest BCUT2D eigenvalue weighted by molar-refractivity contribution is 6.01. The lowest BCUT2D eigenvalue weighted by Gasteiger charge is -2.52. The number of aliphatic hydroxyl groups is 1. The summed E-state index contributed by atoms with van der Waals surface area (Å²) in [5.41, 5.74) is 0.960. The van der Waals surface area contributed by atoms with Gasteiger partial charge in [-0.3, -0.25) is 9.59 Å². The molecule has 3 rings (SSSR count). The van der Waals surface area contributed by atoms with Crippen molar-refractivity contribution >= 4 is 11.6 Å². The SMILES string of the molecule is CC(C)(O)c1ccc2c(c1)C(=O)C[C@H]1C(C)(C)C(=O)CC[C@]21C. The van der Waals surface area contributed by atoms with Crippen LogP contribution < -0.4 is 0 Å². The molecule has 1 aromatic rings. The van der Waals surface area contributed by atoms with Crippen molar-refractivity contribution in [3.8, 4) is 0 Å². The highest BCUT2D eigenvalue weighted by atomic mass is 16.3. The van der Waals surface area contributed by atoms with Gasteiger partial charge in [0, 0.05) is 23.8 Å². The number of carbonyl (C=O) groups is 2. The molecule has 1 aromatic carbocycles. The third-order valence-electron chi connectivity index (χ3n) is 6.26. The van der Waals surface area contributed by atoms with Gasteiger partial charge in [-0.1, -0.05) is 32.9 Å². The number of hydrogen-bond acceptors (Lipinski definition) is 3. The van der Waals surface area contributed by atoms with E-state index in [0.717, 1.165) is 23.1 Å². The zero-order chi connectivity index (χ0) is 17.2. The summed E-state index contributed by atoms with van der Waals surface area (Å²) in [6.07, 6.45) is 1.78. The van der Waals surface area contributed by atoms with Gasteiger partial charge in [0.2, 0.25) is 0 Å². The fourth-order valence-corrected chi connectivity index (χ4v) is 4.61. The van der Waals surface area contributed by atoms with E-state index in [1.165, 1.54) is 0 Å². The minimum Gasteiger partial charge on any atom is -0.386 e. The van der Waals surface area contributed by atoms with Gasteiger partial charge in [-0.2, -0.15) is 0 Å². The Morgan fingerprint density at radius 3 is 2.43 bits per heavy atom. The summed E-state index contributed by atoms with van der Waals surface area (Å²) in [6, 6.07) is 5.77. The van der Waals surface area contributed by atoms with Gasteiger partial charge in [-0.25, -0.2) is 0 Å². The second-order valence-electron chi connectivity index (χ2n) is 8.56. The maximum atomic E-state index is 12.8. The van der Waals surface area contributed by atoms with E-state index < -0.39 is 11.0 Å². The summed E-state index contributed by atoms with van der Waals surface area (Å²) < 4.78 is 0. The second kappa shape index (κ2) is 4.76. The molecule has 23 heavy (non-hydrogen) atoms. The molecule has 0 spiro atoms. The van der Waals surface area contributed by atoms with Crippen LogP contribution in [0.15, 0.2) is 18.2 Å². The number of benzene rings is 1. The number of Topliss-reactive ketones (excluding diaryl/α,β-unsaturated/α-hetero) is 2. The first-order valence-electron chi connectivity index (χ1n) is 8.42. The standard InChI is InChI=1S/C20H26O3/c1-18(2)16-11-15(21)13-10-12(19(3,4)23)6-7-14(13)20(16,5)9-8-17(18)22/h6-7,10,16,23H,8-9,11H2,1-5H3/t16-,20+/m0/s1.